The Morgan fingerprint density at radius 2 is 1.93 bits per heavy atom. The van der Waals surface area contributed by atoms with E-state index in [0.29, 0.717) is 5.11 Å². The lowest BCUT2D eigenvalue weighted by molar-refractivity contribution is 0.365. The van der Waals surface area contributed by atoms with Gasteiger partial charge >= 0.3 is 0 Å². The molecule has 0 heterocycles. The first-order valence-corrected chi connectivity index (χ1v) is 5.22. The molecular formula is C11H17N3S. The molecule has 4 heteroatoms. The molecule has 1 aromatic carbocycles. The van der Waals surface area contributed by atoms with E-state index in [-0.39, 0.29) is 0 Å². The number of thiocarbonyl (C=S) groups is 1. The highest BCUT2D eigenvalue weighted by Crippen LogP contribution is 2.17. The number of hydrogen-bond donors (Lipinski definition) is 2. The molecule has 2 N–H and O–H groups in total. The Labute approximate surface area is 96.4 Å². The van der Waals surface area contributed by atoms with Crippen LogP contribution in [0.5, 0.6) is 0 Å². The fraction of sp³-hybridized carbons (Fsp3) is 0.364. The predicted octanol–water partition coefficient (Wildman–Crippen LogP) is 2.07. The Morgan fingerprint density at radius 3 is 2.53 bits per heavy atom. The van der Waals surface area contributed by atoms with E-state index in [1.807, 2.05) is 26.2 Å². The number of nitrogens with zero attached hydrogens (tertiary/aromatic N) is 1. The molecule has 0 aromatic heterocycles. The van der Waals surface area contributed by atoms with Crippen molar-refractivity contribution in [3.05, 3.63) is 29.3 Å². The highest BCUT2D eigenvalue weighted by atomic mass is 32.1. The topological polar surface area (TPSA) is 27.3 Å². The third-order valence-corrected chi connectivity index (χ3v) is 2.37. The van der Waals surface area contributed by atoms with Crippen molar-refractivity contribution in [1.82, 2.24) is 10.4 Å². The van der Waals surface area contributed by atoms with Gasteiger partial charge in [0, 0.05) is 19.8 Å². The van der Waals surface area contributed by atoms with E-state index in [4.69, 9.17) is 12.2 Å². The Balaban J connectivity index is 2.73. The second-order valence-corrected chi connectivity index (χ2v) is 4.12. The third-order valence-electron chi connectivity index (χ3n) is 2.18. The van der Waals surface area contributed by atoms with Crippen LogP contribution in [-0.4, -0.2) is 24.2 Å². The number of hydrogen-bond acceptors (Lipinski definition) is 2. The second kappa shape index (κ2) is 5.09. The molecule has 0 fully saturated rings. The fourth-order valence-corrected chi connectivity index (χ4v) is 1.53. The van der Waals surface area contributed by atoms with E-state index >= 15 is 0 Å². The smallest absolute Gasteiger partial charge is 0.185 e. The number of anilines is 1. The molecule has 0 bridgehead atoms. The summed E-state index contributed by atoms with van der Waals surface area (Å²) < 4.78 is 0. The minimum atomic E-state index is 0.605. The largest absolute Gasteiger partial charge is 0.331 e. The van der Waals surface area contributed by atoms with E-state index in [9.17, 15) is 0 Å². The summed E-state index contributed by atoms with van der Waals surface area (Å²) >= 11 is 5.15. The van der Waals surface area contributed by atoms with Gasteiger partial charge in [0.15, 0.2) is 5.11 Å². The second-order valence-electron chi connectivity index (χ2n) is 3.71. The molecule has 15 heavy (non-hydrogen) atoms. The first-order valence-electron chi connectivity index (χ1n) is 4.82. The fourth-order valence-electron chi connectivity index (χ4n) is 1.24. The van der Waals surface area contributed by atoms with E-state index in [0.717, 1.165) is 5.69 Å². The van der Waals surface area contributed by atoms with E-state index < -0.39 is 0 Å². The van der Waals surface area contributed by atoms with Gasteiger partial charge in [-0.2, -0.15) is 0 Å². The average molecular weight is 223 g/mol. The molecule has 0 aliphatic carbocycles. The Hall–Kier alpha value is -1.13. The maximum Gasteiger partial charge on any atom is 0.185 e. The van der Waals surface area contributed by atoms with Gasteiger partial charge in [-0.25, -0.2) is 5.01 Å². The van der Waals surface area contributed by atoms with Gasteiger partial charge in [0.25, 0.3) is 0 Å². The van der Waals surface area contributed by atoms with Crippen LogP contribution >= 0.6 is 12.2 Å². The van der Waals surface area contributed by atoms with Crippen molar-refractivity contribution < 1.29 is 0 Å². The number of rotatable bonds is 2. The zero-order valence-corrected chi connectivity index (χ0v) is 10.4. The van der Waals surface area contributed by atoms with E-state index in [2.05, 4.69) is 30.7 Å². The van der Waals surface area contributed by atoms with Gasteiger partial charge in [-0.3, -0.25) is 5.43 Å². The maximum absolute atomic E-state index is 5.15. The summed E-state index contributed by atoms with van der Waals surface area (Å²) in [7, 11) is 3.80. The Bertz CT molecular complexity index is 361. The van der Waals surface area contributed by atoms with Crippen molar-refractivity contribution >= 4 is 23.0 Å². The summed E-state index contributed by atoms with van der Waals surface area (Å²) in [5.41, 5.74) is 6.52. The molecule has 0 unspecified atom stereocenters. The summed E-state index contributed by atoms with van der Waals surface area (Å²) in [6.07, 6.45) is 0. The van der Waals surface area contributed by atoms with Crippen LogP contribution in [0.15, 0.2) is 18.2 Å². The average Bonchev–Trinajstić information content (AvgIpc) is 2.11. The predicted molar refractivity (Wildman–Crippen MR) is 69.0 cm³/mol. The molecule has 0 aliphatic heterocycles. The van der Waals surface area contributed by atoms with Crippen LogP contribution in [0.25, 0.3) is 0 Å². The summed E-state index contributed by atoms with van der Waals surface area (Å²) in [4.78, 5) is 0. The minimum Gasteiger partial charge on any atom is -0.331 e. The minimum absolute atomic E-state index is 0.605. The van der Waals surface area contributed by atoms with Crippen molar-refractivity contribution in [2.75, 3.05) is 19.4 Å². The third kappa shape index (κ3) is 3.49. The lowest BCUT2D eigenvalue weighted by Crippen LogP contribution is -2.39. The van der Waals surface area contributed by atoms with Crippen LogP contribution in [0.2, 0.25) is 0 Å². The molecule has 1 aromatic rings. The summed E-state index contributed by atoms with van der Waals surface area (Å²) in [5, 5.41) is 5.57. The highest BCUT2D eigenvalue weighted by Gasteiger charge is 2.02. The maximum atomic E-state index is 5.15. The normalized spacial score (nSPS) is 10.2. The van der Waals surface area contributed by atoms with E-state index in [1.165, 1.54) is 11.1 Å². The molecule has 0 atom stereocenters. The van der Waals surface area contributed by atoms with Gasteiger partial charge in [-0.1, -0.05) is 12.1 Å². The summed E-state index contributed by atoms with van der Waals surface area (Å²) in [5.74, 6) is 0. The van der Waals surface area contributed by atoms with Gasteiger partial charge in [-0.05, 0) is 43.3 Å². The SMILES string of the molecule is Cc1cccc(NC(=S)NN(C)C)c1C. The number of aryl methyl sites for hydroxylation is 1. The molecule has 0 aliphatic rings. The lowest BCUT2D eigenvalue weighted by Gasteiger charge is -2.17. The van der Waals surface area contributed by atoms with Crippen LogP contribution in [-0.2, 0) is 0 Å². The van der Waals surface area contributed by atoms with Gasteiger partial charge < -0.3 is 5.32 Å². The number of benzene rings is 1. The molecular weight excluding hydrogens is 206 g/mol. The van der Waals surface area contributed by atoms with Gasteiger partial charge in [0.05, 0.1) is 0 Å². The van der Waals surface area contributed by atoms with Crippen molar-refractivity contribution in [1.29, 1.82) is 0 Å². The molecule has 0 radical (unpaired) electrons. The van der Waals surface area contributed by atoms with E-state index in [1.54, 1.807) is 5.01 Å². The Morgan fingerprint density at radius 1 is 1.27 bits per heavy atom. The first kappa shape index (κ1) is 11.9. The first-order chi connectivity index (χ1) is 7.00. The number of nitrogens with one attached hydrogen (secondary N) is 2. The van der Waals surface area contributed by atoms with Gasteiger partial charge in [0.1, 0.15) is 0 Å². The van der Waals surface area contributed by atoms with Crippen LogP contribution in [0.1, 0.15) is 11.1 Å². The van der Waals surface area contributed by atoms with Crippen LogP contribution < -0.4 is 10.7 Å². The zero-order valence-electron chi connectivity index (χ0n) is 9.59. The molecule has 0 saturated carbocycles. The standard InChI is InChI=1S/C11H17N3S/c1-8-6-5-7-10(9(8)2)12-11(15)13-14(3)4/h5-7H,1-4H3,(H2,12,13,15). The molecule has 3 nitrogen and oxygen atoms in total. The van der Waals surface area contributed by atoms with Crippen molar-refractivity contribution in [3.8, 4) is 0 Å². The number of hydrazine groups is 1. The van der Waals surface area contributed by atoms with Gasteiger partial charge in [-0.15, -0.1) is 0 Å². The molecule has 0 amide bonds. The summed E-state index contributed by atoms with van der Waals surface area (Å²) in [6.45, 7) is 4.17. The van der Waals surface area contributed by atoms with Crippen molar-refractivity contribution in [3.63, 3.8) is 0 Å². The van der Waals surface area contributed by atoms with Crippen molar-refractivity contribution in [2.24, 2.45) is 0 Å². The molecule has 0 saturated heterocycles. The van der Waals surface area contributed by atoms with Crippen LogP contribution in [0, 0.1) is 13.8 Å². The zero-order chi connectivity index (χ0) is 11.4. The molecule has 1 rings (SSSR count). The molecule has 82 valence electrons. The van der Waals surface area contributed by atoms with Gasteiger partial charge in [0.2, 0.25) is 0 Å². The highest BCUT2D eigenvalue weighted by molar-refractivity contribution is 7.80. The summed E-state index contributed by atoms with van der Waals surface area (Å²) in [6, 6.07) is 6.12. The van der Waals surface area contributed by atoms with Crippen LogP contribution in [0.3, 0.4) is 0 Å². The van der Waals surface area contributed by atoms with Crippen LogP contribution in [0.4, 0.5) is 5.69 Å². The Kier molecular flexibility index (Phi) is 4.05. The quantitative estimate of drug-likeness (QED) is 0.593. The lowest BCUT2D eigenvalue weighted by atomic mass is 10.1. The van der Waals surface area contributed by atoms with Crippen molar-refractivity contribution in [2.45, 2.75) is 13.8 Å². The molecule has 0 spiro atoms. The monoisotopic (exact) mass is 223 g/mol.